The minimum Gasteiger partial charge on any atom is -0.495 e. The van der Waals surface area contributed by atoms with E-state index in [2.05, 4.69) is 34.6 Å². The number of nitrogens with zero attached hydrogens (tertiary/aromatic N) is 2. The van der Waals surface area contributed by atoms with E-state index in [-0.39, 0.29) is 5.25 Å². The van der Waals surface area contributed by atoms with Crippen LogP contribution in [0.4, 0.5) is 5.69 Å². The summed E-state index contributed by atoms with van der Waals surface area (Å²) in [7, 11) is 1.73. The number of anilines is 1. The number of piperazine rings is 1. The van der Waals surface area contributed by atoms with Gasteiger partial charge in [-0.3, -0.25) is 4.90 Å². The molecule has 28 heavy (non-hydrogen) atoms. The Bertz CT molecular complexity index is 760. The maximum atomic E-state index is 6.04. The zero-order valence-corrected chi connectivity index (χ0v) is 17.5. The fourth-order valence-corrected chi connectivity index (χ4v) is 3.87. The van der Waals surface area contributed by atoms with Gasteiger partial charge >= 0.3 is 0 Å². The average Bonchev–Trinajstić information content (AvgIpc) is 2.74. The minimum absolute atomic E-state index is 0.176. The van der Waals surface area contributed by atoms with Gasteiger partial charge in [0, 0.05) is 38.0 Å². The molecule has 0 N–H and O–H groups in total. The number of thiol groups is 1. The zero-order valence-electron chi connectivity index (χ0n) is 16.6. The van der Waals surface area contributed by atoms with E-state index in [0.29, 0.717) is 6.61 Å². The van der Waals surface area contributed by atoms with E-state index in [1.54, 1.807) is 7.11 Å². The van der Waals surface area contributed by atoms with Crippen LogP contribution in [0.3, 0.4) is 0 Å². The lowest BCUT2D eigenvalue weighted by Crippen LogP contribution is -2.48. The van der Waals surface area contributed by atoms with Gasteiger partial charge in [0.1, 0.15) is 18.1 Å². The summed E-state index contributed by atoms with van der Waals surface area (Å²) in [6.07, 6.45) is 2.72. The average molecular weight is 399 g/mol. The highest BCUT2D eigenvalue weighted by Gasteiger charge is 2.21. The Balaban J connectivity index is 1.46. The van der Waals surface area contributed by atoms with Crippen LogP contribution in [0, 0.1) is 0 Å². The van der Waals surface area contributed by atoms with Gasteiger partial charge in [0.2, 0.25) is 0 Å². The van der Waals surface area contributed by atoms with Crippen molar-refractivity contribution in [3.63, 3.8) is 0 Å². The number of rotatable bonds is 9. The van der Waals surface area contributed by atoms with E-state index in [9.17, 15) is 0 Å². The molecule has 5 heteroatoms. The fourth-order valence-electron chi connectivity index (χ4n) is 3.57. The summed E-state index contributed by atoms with van der Waals surface area (Å²) < 4.78 is 11.5. The van der Waals surface area contributed by atoms with E-state index in [4.69, 9.17) is 22.1 Å². The van der Waals surface area contributed by atoms with Gasteiger partial charge in [-0.05, 0) is 30.2 Å². The molecule has 0 spiro atoms. The summed E-state index contributed by atoms with van der Waals surface area (Å²) in [5.41, 5.74) is 2.35. The number of benzene rings is 2. The van der Waals surface area contributed by atoms with E-state index in [1.165, 1.54) is 11.3 Å². The van der Waals surface area contributed by atoms with E-state index in [0.717, 1.165) is 50.6 Å². The van der Waals surface area contributed by atoms with Gasteiger partial charge < -0.3 is 14.4 Å². The molecule has 1 saturated heterocycles. The van der Waals surface area contributed by atoms with Gasteiger partial charge in [-0.15, -0.1) is 6.58 Å². The molecule has 4 nitrogen and oxygen atoms in total. The summed E-state index contributed by atoms with van der Waals surface area (Å²) in [6, 6.07) is 16.4. The normalized spacial score (nSPS) is 15.9. The fraction of sp³-hybridized carbons (Fsp3) is 0.391. The first-order valence-electron chi connectivity index (χ1n) is 9.81. The summed E-state index contributed by atoms with van der Waals surface area (Å²) in [5, 5.41) is 0.176. The first-order valence-corrected chi connectivity index (χ1v) is 10.3. The summed E-state index contributed by atoms with van der Waals surface area (Å²) in [5.74, 6) is 1.87. The molecule has 3 rings (SSSR count). The van der Waals surface area contributed by atoms with Crippen LogP contribution < -0.4 is 14.4 Å². The Labute approximate surface area is 174 Å². The Hall–Kier alpha value is -2.11. The smallest absolute Gasteiger partial charge is 0.142 e. The van der Waals surface area contributed by atoms with Crippen LogP contribution in [0.1, 0.15) is 5.56 Å². The van der Waals surface area contributed by atoms with Gasteiger partial charge in [0.25, 0.3) is 0 Å². The number of hydrogen-bond acceptors (Lipinski definition) is 5. The van der Waals surface area contributed by atoms with Crippen LogP contribution in [0.5, 0.6) is 11.5 Å². The number of hydrogen-bond donors (Lipinski definition) is 1. The topological polar surface area (TPSA) is 24.9 Å². The molecule has 0 saturated carbocycles. The standard InChI is InChI=1S/C23H30N2O2S/c1-3-8-19-9-4-6-11-22(19)27-18-20(28)17-24-13-15-25(16-14-24)21-10-5-7-12-23(21)26-2/h3-7,9-12,20,28H,1,8,13-18H2,2H3/t20-/m1/s1. The molecule has 2 aromatic carbocycles. The van der Waals surface area contributed by atoms with Crippen molar-refractivity contribution < 1.29 is 9.47 Å². The largest absolute Gasteiger partial charge is 0.495 e. The number of methoxy groups -OCH3 is 1. The lowest BCUT2D eigenvalue weighted by molar-refractivity contribution is 0.229. The van der Waals surface area contributed by atoms with E-state index < -0.39 is 0 Å². The Morgan fingerprint density at radius 1 is 1.04 bits per heavy atom. The predicted octanol–water partition coefficient (Wildman–Crippen LogP) is 3.92. The van der Waals surface area contributed by atoms with Crippen molar-refractivity contribution in [2.75, 3.05) is 51.3 Å². The summed E-state index contributed by atoms with van der Waals surface area (Å²) in [6.45, 7) is 9.36. The van der Waals surface area contributed by atoms with Crippen molar-refractivity contribution in [2.24, 2.45) is 0 Å². The third-order valence-corrected chi connectivity index (χ3v) is 5.35. The quantitative estimate of drug-likeness (QED) is 0.511. The maximum Gasteiger partial charge on any atom is 0.142 e. The van der Waals surface area contributed by atoms with Crippen molar-refractivity contribution in [3.05, 3.63) is 66.7 Å². The highest BCUT2D eigenvalue weighted by Crippen LogP contribution is 2.28. The van der Waals surface area contributed by atoms with Crippen LogP contribution >= 0.6 is 12.6 Å². The second kappa shape index (κ2) is 10.4. The Morgan fingerprint density at radius 2 is 1.71 bits per heavy atom. The molecule has 150 valence electrons. The summed E-state index contributed by atoms with van der Waals surface area (Å²) in [4.78, 5) is 4.85. The predicted molar refractivity (Wildman–Crippen MR) is 120 cm³/mol. The minimum atomic E-state index is 0.176. The van der Waals surface area contributed by atoms with Crippen LogP contribution in [-0.4, -0.2) is 56.6 Å². The lowest BCUT2D eigenvalue weighted by Gasteiger charge is -2.37. The first kappa shape index (κ1) is 20.6. The molecule has 0 bridgehead atoms. The molecule has 1 fully saturated rings. The van der Waals surface area contributed by atoms with E-state index in [1.807, 2.05) is 36.4 Å². The molecule has 1 aliphatic heterocycles. The van der Waals surface area contributed by atoms with Gasteiger partial charge in [0.05, 0.1) is 12.8 Å². The molecule has 0 unspecified atom stereocenters. The van der Waals surface area contributed by atoms with Crippen molar-refractivity contribution in [3.8, 4) is 11.5 Å². The van der Waals surface area contributed by atoms with Crippen molar-refractivity contribution >= 4 is 18.3 Å². The molecule has 0 aromatic heterocycles. The molecule has 0 radical (unpaired) electrons. The second-order valence-corrected chi connectivity index (χ2v) is 7.76. The molecule has 0 aliphatic carbocycles. The maximum absolute atomic E-state index is 6.04. The van der Waals surface area contributed by atoms with Crippen molar-refractivity contribution in [1.82, 2.24) is 4.90 Å². The number of allylic oxidation sites excluding steroid dienone is 1. The third kappa shape index (κ3) is 5.46. The number of para-hydroxylation sites is 3. The first-order chi connectivity index (χ1) is 13.7. The van der Waals surface area contributed by atoms with E-state index >= 15 is 0 Å². The van der Waals surface area contributed by atoms with Crippen LogP contribution in [0.25, 0.3) is 0 Å². The van der Waals surface area contributed by atoms with Gasteiger partial charge in [-0.25, -0.2) is 0 Å². The van der Waals surface area contributed by atoms with Gasteiger partial charge in [-0.2, -0.15) is 12.6 Å². The molecule has 2 aromatic rings. The van der Waals surface area contributed by atoms with Crippen LogP contribution in [-0.2, 0) is 6.42 Å². The molecule has 1 heterocycles. The Kier molecular flexibility index (Phi) is 7.69. The molecular formula is C23H30N2O2S. The third-order valence-electron chi connectivity index (χ3n) is 5.04. The molecule has 1 atom stereocenters. The highest BCUT2D eigenvalue weighted by molar-refractivity contribution is 7.81. The number of ether oxygens (including phenoxy) is 2. The van der Waals surface area contributed by atoms with Crippen LogP contribution in [0.15, 0.2) is 61.2 Å². The highest BCUT2D eigenvalue weighted by atomic mass is 32.1. The van der Waals surface area contributed by atoms with Gasteiger partial charge in [-0.1, -0.05) is 36.4 Å². The lowest BCUT2D eigenvalue weighted by atomic mass is 10.1. The molecule has 1 aliphatic rings. The van der Waals surface area contributed by atoms with Gasteiger partial charge in [0.15, 0.2) is 0 Å². The molecular weight excluding hydrogens is 368 g/mol. The SMILES string of the molecule is C=CCc1ccccc1OC[C@H](S)CN1CCN(c2ccccc2OC)CC1. The second-order valence-electron chi connectivity index (χ2n) is 7.02. The Morgan fingerprint density at radius 3 is 2.43 bits per heavy atom. The summed E-state index contributed by atoms with van der Waals surface area (Å²) >= 11 is 4.76. The van der Waals surface area contributed by atoms with Crippen molar-refractivity contribution in [1.29, 1.82) is 0 Å². The van der Waals surface area contributed by atoms with Crippen molar-refractivity contribution in [2.45, 2.75) is 11.7 Å². The van der Waals surface area contributed by atoms with Crippen LogP contribution in [0.2, 0.25) is 0 Å². The monoisotopic (exact) mass is 398 g/mol. The molecule has 0 amide bonds. The zero-order chi connectivity index (χ0) is 19.8.